The first-order valence-electron chi connectivity index (χ1n) is 14.2. The van der Waals surface area contributed by atoms with E-state index in [9.17, 15) is 4.79 Å². The molecule has 1 heterocycles. The highest BCUT2D eigenvalue weighted by Crippen LogP contribution is 2.48. The smallest absolute Gasteiger partial charge is 0.309 e. The predicted octanol–water partition coefficient (Wildman–Crippen LogP) is 7.50. The standard InChI is InChI=1S/C32H43ClN2O3/c1-6-32(4)27-21-25(33)15-17-28(27)34(5)30(32)18-14-23-13-16-26(35(7-2)8-3)22-29(23)37-19-20-38-31(36)24-11-9-10-12-24/h13-18,21-22,24,30H,6-12,19-20H2,1-5H3/b18-14+. The molecule has 2 aromatic rings. The van der Waals surface area contributed by atoms with Gasteiger partial charge in [0, 0.05) is 53.6 Å². The van der Waals surface area contributed by atoms with Gasteiger partial charge in [-0.2, -0.15) is 0 Å². The topological polar surface area (TPSA) is 42.0 Å². The zero-order valence-corrected chi connectivity index (χ0v) is 24.4. The minimum absolute atomic E-state index is 0.0535. The number of ether oxygens (including phenoxy) is 2. The third kappa shape index (κ3) is 5.83. The summed E-state index contributed by atoms with van der Waals surface area (Å²) in [4.78, 5) is 17.0. The fourth-order valence-corrected chi connectivity index (χ4v) is 6.26. The van der Waals surface area contributed by atoms with Crippen LogP contribution in [0.4, 0.5) is 11.4 Å². The van der Waals surface area contributed by atoms with Crippen LogP contribution < -0.4 is 14.5 Å². The maximum absolute atomic E-state index is 12.3. The van der Waals surface area contributed by atoms with Gasteiger partial charge in [-0.3, -0.25) is 4.79 Å². The Labute approximate surface area is 233 Å². The van der Waals surface area contributed by atoms with E-state index >= 15 is 0 Å². The summed E-state index contributed by atoms with van der Waals surface area (Å²) < 4.78 is 11.8. The molecule has 0 saturated heterocycles. The van der Waals surface area contributed by atoms with Crippen molar-refractivity contribution in [3.05, 3.63) is 58.6 Å². The lowest BCUT2D eigenvalue weighted by molar-refractivity contribution is -0.149. The first-order chi connectivity index (χ1) is 18.3. The summed E-state index contributed by atoms with van der Waals surface area (Å²) in [5, 5.41) is 0.776. The lowest BCUT2D eigenvalue weighted by atomic mass is 9.76. The van der Waals surface area contributed by atoms with Gasteiger partial charge in [0.25, 0.3) is 0 Å². The molecule has 2 aliphatic rings. The van der Waals surface area contributed by atoms with Crippen LogP contribution in [0.25, 0.3) is 6.08 Å². The first kappa shape index (κ1) is 28.4. The highest BCUT2D eigenvalue weighted by atomic mass is 35.5. The fraction of sp³-hybridized carbons (Fsp3) is 0.531. The highest BCUT2D eigenvalue weighted by molar-refractivity contribution is 6.30. The number of hydrogen-bond acceptors (Lipinski definition) is 5. The minimum Gasteiger partial charge on any atom is -0.489 e. The number of esters is 1. The van der Waals surface area contributed by atoms with Crippen LogP contribution in [0, 0.1) is 5.92 Å². The number of likely N-dealkylation sites (N-methyl/N-ethyl adjacent to an activating group) is 1. The Balaban J connectivity index is 1.54. The SMILES string of the molecule is CCN(CC)c1ccc(/C=C/C2N(C)c3ccc(Cl)cc3C2(C)CC)c(OCCOC(=O)C2CCCC2)c1. The van der Waals surface area contributed by atoms with E-state index in [1.807, 2.05) is 6.07 Å². The van der Waals surface area contributed by atoms with Crippen molar-refractivity contribution in [2.24, 2.45) is 5.92 Å². The van der Waals surface area contributed by atoms with Gasteiger partial charge in [0.2, 0.25) is 0 Å². The Bertz CT molecular complexity index is 1140. The van der Waals surface area contributed by atoms with Crippen molar-refractivity contribution < 1.29 is 14.3 Å². The monoisotopic (exact) mass is 538 g/mol. The lowest BCUT2D eigenvalue weighted by Crippen LogP contribution is -2.39. The van der Waals surface area contributed by atoms with Gasteiger partial charge in [0.05, 0.1) is 12.0 Å². The highest BCUT2D eigenvalue weighted by Gasteiger charge is 2.43. The Hall–Kier alpha value is -2.66. The number of rotatable bonds is 11. The van der Waals surface area contributed by atoms with E-state index in [2.05, 4.69) is 87.0 Å². The Kier molecular flexibility index (Phi) is 9.30. The Morgan fingerprint density at radius 2 is 1.84 bits per heavy atom. The van der Waals surface area contributed by atoms with E-state index in [-0.39, 0.29) is 30.0 Å². The summed E-state index contributed by atoms with van der Waals surface area (Å²) in [7, 11) is 2.15. The molecular weight excluding hydrogens is 496 g/mol. The van der Waals surface area contributed by atoms with Crippen molar-refractivity contribution in [1.82, 2.24) is 0 Å². The first-order valence-corrected chi connectivity index (χ1v) is 14.6. The molecule has 0 amide bonds. The van der Waals surface area contributed by atoms with Gasteiger partial charge in [-0.25, -0.2) is 0 Å². The summed E-state index contributed by atoms with van der Waals surface area (Å²) in [6, 6.07) is 12.8. The molecule has 5 nitrogen and oxygen atoms in total. The molecule has 2 atom stereocenters. The second-order valence-corrected chi connectivity index (χ2v) is 11.2. The normalized spacial score (nSPS) is 21.2. The molecule has 38 heavy (non-hydrogen) atoms. The van der Waals surface area contributed by atoms with Crippen LogP contribution in [0.3, 0.4) is 0 Å². The van der Waals surface area contributed by atoms with Gasteiger partial charge >= 0.3 is 5.97 Å². The van der Waals surface area contributed by atoms with Crippen LogP contribution in [0.5, 0.6) is 5.75 Å². The van der Waals surface area contributed by atoms with Crippen LogP contribution in [-0.2, 0) is 14.9 Å². The molecule has 0 radical (unpaired) electrons. The average molecular weight is 539 g/mol. The van der Waals surface area contributed by atoms with Crippen molar-refractivity contribution in [2.75, 3.05) is 43.2 Å². The summed E-state index contributed by atoms with van der Waals surface area (Å²) in [5.74, 6) is 0.794. The molecule has 1 aliphatic carbocycles. The van der Waals surface area contributed by atoms with Crippen molar-refractivity contribution in [3.63, 3.8) is 0 Å². The molecule has 6 heteroatoms. The maximum atomic E-state index is 12.3. The van der Waals surface area contributed by atoms with E-state index in [4.69, 9.17) is 21.1 Å². The van der Waals surface area contributed by atoms with Crippen LogP contribution in [-0.4, -0.2) is 45.4 Å². The van der Waals surface area contributed by atoms with Gasteiger partial charge in [-0.05, 0) is 69.0 Å². The predicted molar refractivity (Wildman–Crippen MR) is 159 cm³/mol. The van der Waals surface area contributed by atoms with Crippen LogP contribution in [0.1, 0.15) is 70.9 Å². The van der Waals surface area contributed by atoms with E-state index < -0.39 is 0 Å². The summed E-state index contributed by atoms with van der Waals surface area (Å²) in [6.07, 6.45) is 9.60. The fourth-order valence-electron chi connectivity index (χ4n) is 6.09. The molecule has 206 valence electrons. The Morgan fingerprint density at radius 3 is 2.53 bits per heavy atom. The molecule has 1 aliphatic heterocycles. The van der Waals surface area contributed by atoms with Gasteiger partial charge in [0.15, 0.2) is 0 Å². The van der Waals surface area contributed by atoms with Crippen molar-refractivity contribution in [1.29, 1.82) is 0 Å². The molecule has 0 bridgehead atoms. The largest absolute Gasteiger partial charge is 0.489 e. The van der Waals surface area contributed by atoms with Crippen molar-refractivity contribution in [2.45, 2.75) is 71.3 Å². The molecule has 1 saturated carbocycles. The number of benzene rings is 2. The van der Waals surface area contributed by atoms with Crippen LogP contribution in [0.15, 0.2) is 42.5 Å². The summed E-state index contributed by atoms with van der Waals surface area (Å²) in [6.45, 7) is 11.3. The van der Waals surface area contributed by atoms with Gasteiger partial charge in [-0.15, -0.1) is 0 Å². The van der Waals surface area contributed by atoms with Crippen molar-refractivity contribution in [3.8, 4) is 5.75 Å². The zero-order chi connectivity index (χ0) is 27.3. The second-order valence-electron chi connectivity index (χ2n) is 10.7. The summed E-state index contributed by atoms with van der Waals surface area (Å²) >= 11 is 6.39. The summed E-state index contributed by atoms with van der Waals surface area (Å²) in [5.41, 5.74) is 4.61. The number of hydrogen-bond donors (Lipinski definition) is 0. The van der Waals surface area contributed by atoms with Gasteiger partial charge in [-0.1, -0.05) is 50.4 Å². The number of carbonyl (C=O) groups is 1. The average Bonchev–Trinajstić information content (AvgIpc) is 3.53. The van der Waals surface area contributed by atoms with Crippen molar-refractivity contribution >= 4 is 35.0 Å². The number of halogens is 1. The van der Waals surface area contributed by atoms with Crippen LogP contribution in [0.2, 0.25) is 5.02 Å². The Morgan fingerprint density at radius 1 is 1.11 bits per heavy atom. The molecule has 4 rings (SSSR count). The third-order valence-electron chi connectivity index (χ3n) is 8.62. The molecule has 0 aromatic heterocycles. The number of carbonyl (C=O) groups excluding carboxylic acids is 1. The maximum Gasteiger partial charge on any atom is 0.309 e. The number of fused-ring (bicyclic) bond motifs is 1. The minimum atomic E-state index is -0.0779. The molecule has 0 spiro atoms. The van der Waals surface area contributed by atoms with E-state index in [1.165, 1.54) is 11.3 Å². The zero-order valence-electron chi connectivity index (χ0n) is 23.6. The quantitative estimate of drug-likeness (QED) is 0.219. The third-order valence-corrected chi connectivity index (χ3v) is 8.85. The van der Waals surface area contributed by atoms with Gasteiger partial charge < -0.3 is 19.3 Å². The molecule has 0 N–H and O–H groups in total. The number of nitrogens with zero attached hydrogens (tertiary/aromatic N) is 2. The van der Waals surface area contributed by atoms with E-state index in [0.29, 0.717) is 6.61 Å². The van der Waals surface area contributed by atoms with E-state index in [0.717, 1.165) is 67.2 Å². The lowest BCUT2D eigenvalue weighted by Gasteiger charge is -2.32. The number of anilines is 2. The van der Waals surface area contributed by atoms with Crippen LogP contribution >= 0.6 is 11.6 Å². The molecule has 1 fully saturated rings. The second kappa shape index (κ2) is 12.5. The van der Waals surface area contributed by atoms with E-state index in [1.54, 1.807) is 0 Å². The molecule has 2 unspecified atom stereocenters. The molecular formula is C32H43ClN2O3. The molecule has 2 aromatic carbocycles. The van der Waals surface area contributed by atoms with Gasteiger partial charge in [0.1, 0.15) is 19.0 Å².